The van der Waals surface area contributed by atoms with Gasteiger partial charge in [0.2, 0.25) is 0 Å². The molecule has 2 aromatic carbocycles. The number of thiophene rings is 1. The van der Waals surface area contributed by atoms with Crippen LogP contribution in [0.1, 0.15) is 54.3 Å². The van der Waals surface area contributed by atoms with Crippen LogP contribution in [-0.4, -0.2) is 47.9 Å². The summed E-state index contributed by atoms with van der Waals surface area (Å²) in [4.78, 5) is 41.2. The molecule has 8 heteroatoms. The third kappa shape index (κ3) is 3.76. The van der Waals surface area contributed by atoms with Crippen LogP contribution < -0.4 is 15.4 Å². The van der Waals surface area contributed by atoms with E-state index in [0.29, 0.717) is 54.4 Å². The summed E-state index contributed by atoms with van der Waals surface area (Å²) in [6.45, 7) is 7.15. The van der Waals surface area contributed by atoms with Gasteiger partial charge in [-0.3, -0.25) is 14.9 Å². The lowest BCUT2D eigenvalue weighted by molar-refractivity contribution is -0.0728. The molecule has 2 aliphatic heterocycles. The zero-order valence-corrected chi connectivity index (χ0v) is 21.0. The van der Waals surface area contributed by atoms with Crippen molar-refractivity contribution in [1.29, 1.82) is 0 Å². The number of carbonyl (C=O) groups excluding carboxylic acids is 3. The number of Topliss-reactive ketones (excluding diaryl/α,β-unsaturated/α-hetero) is 1. The number of rotatable bonds is 3. The van der Waals surface area contributed by atoms with E-state index in [2.05, 4.69) is 10.6 Å². The van der Waals surface area contributed by atoms with Crippen molar-refractivity contribution < 1.29 is 19.1 Å². The highest BCUT2D eigenvalue weighted by molar-refractivity contribution is 7.23. The van der Waals surface area contributed by atoms with Gasteiger partial charge >= 0.3 is 6.03 Å². The molecule has 0 atom stereocenters. The van der Waals surface area contributed by atoms with Crippen LogP contribution in [0.3, 0.4) is 0 Å². The van der Waals surface area contributed by atoms with Crippen LogP contribution in [0.4, 0.5) is 9.80 Å². The molecule has 1 saturated heterocycles. The van der Waals surface area contributed by atoms with Crippen molar-refractivity contribution in [3.8, 4) is 5.75 Å². The molecule has 0 unspecified atom stereocenters. The molecule has 1 spiro atoms. The number of hydrogen-bond acceptors (Lipinski definition) is 5. The molecule has 0 aliphatic carbocycles. The summed E-state index contributed by atoms with van der Waals surface area (Å²) in [6, 6.07) is 14.7. The second kappa shape index (κ2) is 8.68. The van der Waals surface area contributed by atoms with E-state index in [1.165, 1.54) is 11.3 Å². The van der Waals surface area contributed by atoms with Gasteiger partial charge < -0.3 is 15.0 Å². The highest BCUT2D eigenvalue weighted by Crippen LogP contribution is 2.50. The summed E-state index contributed by atoms with van der Waals surface area (Å²) in [7, 11) is 0. The Morgan fingerprint density at radius 3 is 2.49 bits per heavy atom. The van der Waals surface area contributed by atoms with Crippen LogP contribution in [0, 0.1) is 5.41 Å². The molecular weight excluding hydrogens is 462 g/mol. The first-order chi connectivity index (χ1) is 16.8. The van der Waals surface area contributed by atoms with E-state index < -0.39 is 11.0 Å². The van der Waals surface area contributed by atoms with Crippen LogP contribution in [0.15, 0.2) is 48.5 Å². The van der Waals surface area contributed by atoms with Gasteiger partial charge in [-0.2, -0.15) is 0 Å². The fourth-order valence-corrected chi connectivity index (χ4v) is 6.32. The van der Waals surface area contributed by atoms with Crippen LogP contribution in [-0.2, 0) is 0 Å². The lowest BCUT2D eigenvalue weighted by Crippen LogP contribution is -2.61. The topological polar surface area (TPSA) is 87.7 Å². The normalized spacial score (nSPS) is 18.1. The van der Waals surface area contributed by atoms with Crippen molar-refractivity contribution in [1.82, 2.24) is 10.2 Å². The highest BCUT2D eigenvalue weighted by atomic mass is 32.1. The smallest absolute Gasteiger partial charge is 0.319 e. The van der Waals surface area contributed by atoms with E-state index in [1.807, 2.05) is 74.2 Å². The first-order valence-electron chi connectivity index (χ1n) is 12.0. The number of ketones is 1. The molecular formula is C27H29N3O4S. The van der Waals surface area contributed by atoms with Gasteiger partial charge in [-0.15, -0.1) is 11.3 Å². The molecule has 182 valence electrons. The number of likely N-dealkylation sites (tertiary alicyclic amines) is 1. The molecule has 2 aliphatic rings. The van der Waals surface area contributed by atoms with Gasteiger partial charge in [0, 0.05) is 42.6 Å². The molecule has 0 saturated carbocycles. The van der Waals surface area contributed by atoms with E-state index in [4.69, 9.17) is 4.74 Å². The predicted octanol–water partition coefficient (Wildman–Crippen LogP) is 5.32. The number of piperidine rings is 1. The number of amides is 3. The lowest BCUT2D eigenvalue weighted by Gasteiger charge is -2.52. The molecule has 5 rings (SSSR count). The molecule has 0 bridgehead atoms. The average Bonchev–Trinajstić information content (AvgIpc) is 3.21. The zero-order valence-electron chi connectivity index (χ0n) is 20.1. The Morgan fingerprint density at radius 1 is 1.06 bits per heavy atom. The van der Waals surface area contributed by atoms with Crippen molar-refractivity contribution >= 4 is 44.1 Å². The molecule has 2 N–H and O–H groups in total. The Kier molecular flexibility index (Phi) is 5.79. The summed E-state index contributed by atoms with van der Waals surface area (Å²) in [5.74, 6) is 0.578. The SMILES string of the molecule is CCNC(=O)Nc1sc2ccccc2c1C(=O)N1CCC2(CC1)Oc1ccccc1C(=O)C2(C)C. The van der Waals surface area contributed by atoms with Gasteiger partial charge in [-0.1, -0.05) is 30.3 Å². The van der Waals surface area contributed by atoms with Gasteiger partial charge in [0.25, 0.3) is 5.91 Å². The van der Waals surface area contributed by atoms with Gasteiger partial charge in [0.15, 0.2) is 5.78 Å². The van der Waals surface area contributed by atoms with E-state index in [1.54, 1.807) is 0 Å². The maximum atomic E-state index is 13.8. The van der Waals surface area contributed by atoms with E-state index in [-0.39, 0.29) is 17.7 Å². The predicted molar refractivity (Wildman–Crippen MR) is 138 cm³/mol. The van der Waals surface area contributed by atoms with Crippen LogP contribution in [0.2, 0.25) is 0 Å². The van der Waals surface area contributed by atoms with E-state index >= 15 is 0 Å². The number of fused-ring (bicyclic) bond motifs is 2. The number of nitrogens with zero attached hydrogens (tertiary/aromatic N) is 1. The number of ether oxygens (including phenoxy) is 1. The first-order valence-corrected chi connectivity index (χ1v) is 12.8. The molecule has 35 heavy (non-hydrogen) atoms. The monoisotopic (exact) mass is 491 g/mol. The van der Waals surface area contributed by atoms with Crippen molar-refractivity contribution in [2.24, 2.45) is 5.41 Å². The third-order valence-electron chi connectivity index (χ3n) is 7.38. The first kappa shape index (κ1) is 23.4. The van der Waals surface area contributed by atoms with Crippen molar-refractivity contribution in [3.63, 3.8) is 0 Å². The number of carbonyl (C=O) groups is 3. The van der Waals surface area contributed by atoms with Gasteiger partial charge in [0.1, 0.15) is 16.4 Å². The maximum Gasteiger partial charge on any atom is 0.319 e. The Balaban J connectivity index is 1.42. The molecule has 3 amide bonds. The highest BCUT2D eigenvalue weighted by Gasteiger charge is 2.57. The number of hydrogen-bond donors (Lipinski definition) is 2. The molecule has 1 aromatic heterocycles. The van der Waals surface area contributed by atoms with Gasteiger partial charge in [-0.05, 0) is 39.0 Å². The second-order valence-corrected chi connectivity index (χ2v) is 10.7. The number of urea groups is 1. The molecule has 3 aromatic rings. The number of para-hydroxylation sites is 1. The standard InChI is InChI=1S/C27H29N3O4S/c1-4-28-25(33)29-23-21(18-10-6-8-12-20(18)35-23)24(32)30-15-13-27(14-16-30)26(2,3)22(31)17-9-5-7-11-19(17)34-27/h5-12H,4,13-16H2,1-3H3,(H2,28,29,33). The summed E-state index contributed by atoms with van der Waals surface area (Å²) in [5, 5.41) is 6.96. The van der Waals surface area contributed by atoms with Crippen LogP contribution in [0.5, 0.6) is 5.75 Å². The number of anilines is 1. The van der Waals surface area contributed by atoms with Gasteiger partial charge in [-0.25, -0.2) is 4.79 Å². The van der Waals surface area contributed by atoms with Crippen LogP contribution >= 0.6 is 11.3 Å². The Labute approximate surface area is 208 Å². The second-order valence-electron chi connectivity index (χ2n) is 9.63. The van der Waals surface area contributed by atoms with Crippen LogP contribution in [0.25, 0.3) is 10.1 Å². The number of benzene rings is 2. The minimum absolute atomic E-state index is 0.0800. The summed E-state index contributed by atoms with van der Waals surface area (Å²) >= 11 is 1.40. The molecule has 3 heterocycles. The fraction of sp³-hybridized carbons (Fsp3) is 0.370. The largest absolute Gasteiger partial charge is 0.485 e. The minimum atomic E-state index is -0.712. The van der Waals surface area contributed by atoms with Gasteiger partial charge in [0.05, 0.1) is 16.5 Å². The minimum Gasteiger partial charge on any atom is -0.485 e. The molecule has 7 nitrogen and oxygen atoms in total. The summed E-state index contributed by atoms with van der Waals surface area (Å²) in [6.07, 6.45) is 1.10. The average molecular weight is 492 g/mol. The van der Waals surface area contributed by atoms with Crippen molar-refractivity contribution in [2.75, 3.05) is 25.0 Å². The lowest BCUT2D eigenvalue weighted by atomic mass is 9.64. The maximum absolute atomic E-state index is 13.8. The van der Waals surface area contributed by atoms with E-state index in [0.717, 1.165) is 10.1 Å². The Morgan fingerprint density at radius 2 is 1.74 bits per heavy atom. The quantitative estimate of drug-likeness (QED) is 0.519. The molecule has 0 radical (unpaired) electrons. The zero-order chi connectivity index (χ0) is 24.8. The van der Waals surface area contributed by atoms with Crippen molar-refractivity contribution in [2.45, 2.75) is 39.2 Å². The summed E-state index contributed by atoms with van der Waals surface area (Å²) < 4.78 is 7.46. The van der Waals surface area contributed by atoms with E-state index in [9.17, 15) is 14.4 Å². The number of nitrogens with one attached hydrogen (secondary N) is 2. The fourth-order valence-electron chi connectivity index (χ4n) is 5.23. The Bertz CT molecular complexity index is 1320. The molecule has 1 fully saturated rings. The summed E-state index contributed by atoms with van der Waals surface area (Å²) in [5.41, 5.74) is -0.254. The third-order valence-corrected chi connectivity index (χ3v) is 8.46. The Hall–Kier alpha value is -3.39. The van der Waals surface area contributed by atoms with Crippen molar-refractivity contribution in [3.05, 3.63) is 59.7 Å².